The average Bonchev–Trinajstić information content (AvgIpc) is 3.10. The highest BCUT2D eigenvalue weighted by Crippen LogP contribution is 2.31. The number of nitrogens with zero attached hydrogens (tertiary/aromatic N) is 4. The molecule has 0 bridgehead atoms. The van der Waals surface area contributed by atoms with Crippen molar-refractivity contribution in [2.45, 2.75) is 31.1 Å². The predicted molar refractivity (Wildman–Crippen MR) is 77.7 cm³/mol. The van der Waals surface area contributed by atoms with Crippen molar-refractivity contribution in [1.29, 1.82) is 0 Å². The Balaban J connectivity index is 1.87. The summed E-state index contributed by atoms with van der Waals surface area (Å²) < 4.78 is 6.90. The van der Waals surface area contributed by atoms with Gasteiger partial charge >= 0.3 is 5.97 Å². The van der Waals surface area contributed by atoms with Crippen molar-refractivity contribution >= 4 is 17.1 Å². The van der Waals surface area contributed by atoms with E-state index in [9.17, 15) is 15.0 Å². The Morgan fingerprint density at radius 1 is 1.29 bits per heavy atom. The number of imidazole rings is 1. The van der Waals surface area contributed by atoms with Crippen LogP contribution < -0.4 is 5.32 Å². The molecule has 3 rings (SSSR count). The van der Waals surface area contributed by atoms with Crippen LogP contribution >= 0.6 is 0 Å². The third-order valence-corrected chi connectivity index (χ3v) is 3.79. The van der Waals surface area contributed by atoms with E-state index >= 15 is 0 Å². The summed E-state index contributed by atoms with van der Waals surface area (Å²) in [5, 5.41) is 40.5. The molecule has 1 aliphatic rings. The van der Waals surface area contributed by atoms with Gasteiger partial charge in [-0.1, -0.05) is 0 Å². The number of aromatic nitrogens is 4. The second kappa shape index (κ2) is 6.75. The molecule has 3 heterocycles. The van der Waals surface area contributed by atoms with Crippen LogP contribution in [0.2, 0.25) is 0 Å². The van der Waals surface area contributed by atoms with Gasteiger partial charge in [0.1, 0.15) is 30.2 Å². The van der Waals surface area contributed by atoms with Crippen molar-refractivity contribution in [2.75, 3.05) is 13.2 Å². The van der Waals surface area contributed by atoms with E-state index in [4.69, 9.17) is 14.9 Å². The minimum Gasteiger partial charge on any atom is -0.480 e. The van der Waals surface area contributed by atoms with Crippen LogP contribution in [0.1, 0.15) is 11.9 Å². The number of fused-ring (bicyclic) bond motifs is 1. The van der Waals surface area contributed by atoms with E-state index in [1.165, 1.54) is 17.2 Å². The molecule has 1 saturated heterocycles. The molecule has 130 valence electrons. The standard InChI is InChI=1S/C13H17N5O6/c19-3-7-10(22)11(23)13(24-7)18-5-17-9-6(1-14-2-8(20)21)15-4-16-12(9)18/h4-5,7,10-11,13-14,19,22-23H,1-3H2,(H,20,21)/t7-,10-,11-,13-/m1/s1. The second-order valence-corrected chi connectivity index (χ2v) is 5.37. The quantitative estimate of drug-likeness (QED) is 0.384. The summed E-state index contributed by atoms with van der Waals surface area (Å²) in [6, 6.07) is 0. The molecule has 0 saturated carbocycles. The van der Waals surface area contributed by atoms with Crippen LogP contribution in [0.5, 0.6) is 0 Å². The number of carboxylic acids is 1. The summed E-state index contributed by atoms with van der Waals surface area (Å²) in [6.07, 6.45) is -1.64. The van der Waals surface area contributed by atoms with Crippen LogP contribution in [-0.2, 0) is 16.1 Å². The first-order valence-electron chi connectivity index (χ1n) is 7.24. The van der Waals surface area contributed by atoms with Gasteiger partial charge in [-0.15, -0.1) is 0 Å². The summed E-state index contributed by atoms with van der Waals surface area (Å²) in [5.74, 6) is -0.989. The van der Waals surface area contributed by atoms with Crippen molar-refractivity contribution in [2.24, 2.45) is 0 Å². The van der Waals surface area contributed by atoms with Crippen molar-refractivity contribution in [1.82, 2.24) is 24.8 Å². The monoisotopic (exact) mass is 339 g/mol. The highest BCUT2D eigenvalue weighted by atomic mass is 16.6. The zero-order valence-corrected chi connectivity index (χ0v) is 12.5. The minimum absolute atomic E-state index is 0.179. The topological polar surface area (TPSA) is 163 Å². The van der Waals surface area contributed by atoms with E-state index in [0.717, 1.165) is 0 Å². The Hall–Kier alpha value is -2.18. The van der Waals surface area contributed by atoms with Crippen LogP contribution in [0.25, 0.3) is 11.2 Å². The number of hydrogen-bond donors (Lipinski definition) is 5. The van der Waals surface area contributed by atoms with Crippen molar-refractivity contribution in [3.8, 4) is 0 Å². The first kappa shape index (κ1) is 16.7. The van der Waals surface area contributed by atoms with E-state index in [-0.39, 0.29) is 13.1 Å². The van der Waals surface area contributed by atoms with Gasteiger partial charge in [0.2, 0.25) is 0 Å². The average molecular weight is 339 g/mol. The number of aliphatic carboxylic acids is 1. The van der Waals surface area contributed by atoms with Crippen molar-refractivity contribution < 1.29 is 30.0 Å². The van der Waals surface area contributed by atoms with Crippen LogP contribution in [0.15, 0.2) is 12.7 Å². The van der Waals surface area contributed by atoms with Crippen LogP contribution in [0.4, 0.5) is 0 Å². The van der Waals surface area contributed by atoms with Gasteiger partial charge in [-0.2, -0.15) is 0 Å². The van der Waals surface area contributed by atoms with E-state index in [1.807, 2.05) is 0 Å². The molecule has 1 fully saturated rings. The molecule has 24 heavy (non-hydrogen) atoms. The van der Waals surface area contributed by atoms with Crippen molar-refractivity contribution in [3.05, 3.63) is 18.3 Å². The number of ether oxygens (including phenoxy) is 1. The van der Waals surface area contributed by atoms with Gasteiger partial charge in [0, 0.05) is 6.54 Å². The maximum atomic E-state index is 10.6. The fraction of sp³-hybridized carbons (Fsp3) is 0.538. The van der Waals surface area contributed by atoms with Gasteiger partial charge < -0.3 is 30.5 Å². The molecule has 5 N–H and O–H groups in total. The van der Waals surface area contributed by atoms with Gasteiger partial charge in [0.25, 0.3) is 0 Å². The number of aliphatic hydroxyl groups excluding tert-OH is 3. The molecule has 4 atom stereocenters. The Morgan fingerprint density at radius 2 is 2.08 bits per heavy atom. The smallest absolute Gasteiger partial charge is 0.317 e. The summed E-state index contributed by atoms with van der Waals surface area (Å²) in [4.78, 5) is 22.9. The molecule has 0 unspecified atom stereocenters. The maximum Gasteiger partial charge on any atom is 0.317 e. The zero-order valence-electron chi connectivity index (χ0n) is 12.5. The first-order valence-corrected chi connectivity index (χ1v) is 7.24. The van der Waals surface area contributed by atoms with Crippen LogP contribution in [0.3, 0.4) is 0 Å². The molecule has 0 aliphatic carbocycles. The lowest BCUT2D eigenvalue weighted by Crippen LogP contribution is -2.33. The van der Waals surface area contributed by atoms with Gasteiger partial charge in [-0.05, 0) is 0 Å². The molecular formula is C13H17N5O6. The summed E-state index contributed by atoms with van der Waals surface area (Å²) in [7, 11) is 0. The van der Waals surface area contributed by atoms with Gasteiger partial charge in [0.15, 0.2) is 11.9 Å². The first-order chi connectivity index (χ1) is 11.5. The normalized spacial score (nSPS) is 27.0. The zero-order chi connectivity index (χ0) is 17.3. The van der Waals surface area contributed by atoms with Crippen molar-refractivity contribution in [3.63, 3.8) is 0 Å². The van der Waals surface area contributed by atoms with Gasteiger partial charge in [-0.25, -0.2) is 15.0 Å². The minimum atomic E-state index is -1.25. The van der Waals surface area contributed by atoms with E-state index < -0.39 is 37.1 Å². The predicted octanol–water partition coefficient (Wildman–Crippen LogP) is -2.39. The number of nitrogens with one attached hydrogen (secondary N) is 1. The van der Waals surface area contributed by atoms with Crippen LogP contribution in [-0.4, -0.2) is 77.4 Å². The summed E-state index contributed by atoms with van der Waals surface area (Å²) in [6.45, 7) is -0.472. The Labute approximate surface area is 135 Å². The third-order valence-electron chi connectivity index (χ3n) is 3.79. The number of carboxylic acid groups (broad SMARTS) is 1. The number of rotatable bonds is 6. The Bertz CT molecular complexity index is 737. The second-order valence-electron chi connectivity index (χ2n) is 5.37. The lowest BCUT2D eigenvalue weighted by Gasteiger charge is -2.16. The molecule has 2 aromatic heterocycles. The summed E-state index contributed by atoms with van der Waals surface area (Å²) in [5.41, 5.74) is 1.28. The van der Waals surface area contributed by atoms with E-state index in [1.54, 1.807) is 0 Å². The Kier molecular flexibility index (Phi) is 4.69. The summed E-state index contributed by atoms with van der Waals surface area (Å²) >= 11 is 0. The third kappa shape index (κ3) is 2.95. The fourth-order valence-electron chi connectivity index (χ4n) is 2.61. The molecule has 11 nitrogen and oxygen atoms in total. The SMILES string of the molecule is O=C(O)CNCc1ncnc2c1ncn2[C@@H]1O[C@H](CO)[C@@H](O)[C@H]1O. The fourth-order valence-corrected chi connectivity index (χ4v) is 2.61. The number of carbonyl (C=O) groups is 1. The largest absolute Gasteiger partial charge is 0.480 e. The maximum absolute atomic E-state index is 10.6. The van der Waals surface area contributed by atoms with Crippen LogP contribution in [0, 0.1) is 0 Å². The molecule has 0 radical (unpaired) electrons. The number of aliphatic hydroxyl groups is 3. The molecule has 0 aromatic carbocycles. The molecule has 11 heteroatoms. The van der Waals surface area contributed by atoms with E-state index in [2.05, 4.69) is 20.3 Å². The lowest BCUT2D eigenvalue weighted by atomic mass is 10.1. The lowest BCUT2D eigenvalue weighted by molar-refractivity contribution is -0.136. The highest BCUT2D eigenvalue weighted by molar-refractivity contribution is 5.73. The molecule has 2 aromatic rings. The molecular weight excluding hydrogens is 322 g/mol. The van der Waals surface area contributed by atoms with Gasteiger partial charge in [-0.3, -0.25) is 9.36 Å². The molecule has 1 aliphatic heterocycles. The van der Waals surface area contributed by atoms with Gasteiger partial charge in [0.05, 0.1) is 25.2 Å². The van der Waals surface area contributed by atoms with E-state index in [0.29, 0.717) is 16.9 Å². The Morgan fingerprint density at radius 3 is 2.75 bits per heavy atom. The highest BCUT2D eigenvalue weighted by Gasteiger charge is 2.43. The molecule has 0 amide bonds. The number of hydrogen-bond acceptors (Lipinski definition) is 9. The molecule has 0 spiro atoms.